The van der Waals surface area contributed by atoms with Crippen LogP contribution in [0.15, 0.2) is 77.9 Å². The van der Waals surface area contributed by atoms with Crippen LogP contribution >= 0.6 is 0 Å². The summed E-state index contributed by atoms with van der Waals surface area (Å²) in [5.41, 5.74) is 10.3. The van der Waals surface area contributed by atoms with E-state index < -0.39 is 23.8 Å². The van der Waals surface area contributed by atoms with Crippen molar-refractivity contribution in [3.05, 3.63) is 89.5 Å². The fraction of sp³-hybridized carbons (Fsp3) is 0.160. The number of primary amides is 1. The number of ether oxygens (including phenoxy) is 3. The molecule has 0 saturated heterocycles. The highest BCUT2D eigenvalue weighted by molar-refractivity contribution is 6.09. The van der Waals surface area contributed by atoms with Crippen LogP contribution in [-0.2, 0) is 4.79 Å². The van der Waals surface area contributed by atoms with Gasteiger partial charge in [-0.2, -0.15) is 5.10 Å². The number of carbonyl (C=O) groups excluding carboxylic acids is 2. The van der Waals surface area contributed by atoms with Crippen LogP contribution < -0.4 is 25.4 Å². The van der Waals surface area contributed by atoms with Crippen LogP contribution in [0.1, 0.15) is 28.5 Å². The highest BCUT2D eigenvalue weighted by Gasteiger charge is 2.42. The molecule has 0 unspecified atom stereocenters. The van der Waals surface area contributed by atoms with E-state index in [1.807, 2.05) is 54.6 Å². The number of esters is 1. The van der Waals surface area contributed by atoms with Crippen molar-refractivity contribution in [2.45, 2.75) is 11.8 Å². The Kier molecular flexibility index (Phi) is 6.26. The summed E-state index contributed by atoms with van der Waals surface area (Å²) in [7, 11) is 3.16. The number of methoxy groups -OCH3 is 2. The van der Waals surface area contributed by atoms with Crippen LogP contribution in [-0.4, -0.2) is 31.9 Å². The van der Waals surface area contributed by atoms with E-state index in [0.717, 1.165) is 11.1 Å². The molecule has 0 aliphatic carbocycles. The molecule has 3 N–H and O–H groups in total. The first-order valence-electron chi connectivity index (χ1n) is 10.2. The Labute approximate surface area is 191 Å². The summed E-state index contributed by atoms with van der Waals surface area (Å²) in [5.74, 6) is 0.148. The zero-order chi connectivity index (χ0) is 23.4. The number of nitrogens with zero attached hydrogens (tertiary/aromatic N) is 1. The second-order valence-corrected chi connectivity index (χ2v) is 7.39. The molecule has 2 amide bonds. The Balaban J connectivity index is 1.90. The minimum Gasteiger partial charge on any atom is -0.497 e. The van der Waals surface area contributed by atoms with Gasteiger partial charge >= 0.3 is 12.0 Å². The van der Waals surface area contributed by atoms with E-state index in [4.69, 9.17) is 19.9 Å². The Morgan fingerprint density at radius 3 is 2.18 bits per heavy atom. The topological polar surface area (TPSA) is 112 Å². The maximum absolute atomic E-state index is 13.1. The van der Waals surface area contributed by atoms with Gasteiger partial charge in [0.05, 0.1) is 25.8 Å². The van der Waals surface area contributed by atoms with Gasteiger partial charge in [0.2, 0.25) is 0 Å². The Morgan fingerprint density at radius 2 is 1.58 bits per heavy atom. The zero-order valence-corrected chi connectivity index (χ0v) is 18.1. The third kappa shape index (κ3) is 4.50. The molecule has 8 heteroatoms. The van der Waals surface area contributed by atoms with E-state index in [1.165, 1.54) is 0 Å². The number of hydrogen-bond acceptors (Lipinski definition) is 6. The molecule has 168 valence electrons. The summed E-state index contributed by atoms with van der Waals surface area (Å²) >= 11 is 0. The number of nitrogens with one attached hydrogen (secondary N) is 1. The van der Waals surface area contributed by atoms with Crippen molar-refractivity contribution in [1.29, 1.82) is 0 Å². The van der Waals surface area contributed by atoms with Gasteiger partial charge in [-0.3, -0.25) is 4.79 Å². The van der Waals surface area contributed by atoms with Crippen LogP contribution in [0.2, 0.25) is 0 Å². The molecule has 0 radical (unpaired) electrons. The molecule has 1 aliphatic heterocycles. The lowest BCUT2D eigenvalue weighted by Gasteiger charge is -2.24. The van der Waals surface area contributed by atoms with E-state index in [-0.39, 0.29) is 0 Å². The normalized spacial score (nSPS) is 15.9. The Hall–Kier alpha value is -4.33. The van der Waals surface area contributed by atoms with Crippen molar-refractivity contribution in [2.24, 2.45) is 10.8 Å². The summed E-state index contributed by atoms with van der Waals surface area (Å²) in [6, 6.07) is 21.0. The summed E-state index contributed by atoms with van der Waals surface area (Å²) in [5, 5.41) is 4.33. The van der Waals surface area contributed by atoms with Gasteiger partial charge in [0.15, 0.2) is 0 Å². The summed E-state index contributed by atoms with van der Waals surface area (Å²) < 4.78 is 16.1. The quantitative estimate of drug-likeness (QED) is 0.250. The molecule has 4 rings (SSSR count). The molecule has 2 atom stereocenters. The van der Waals surface area contributed by atoms with Crippen molar-refractivity contribution < 1.29 is 23.8 Å². The summed E-state index contributed by atoms with van der Waals surface area (Å²) in [6.45, 7) is 0. The third-order valence-corrected chi connectivity index (χ3v) is 5.49. The van der Waals surface area contributed by atoms with Crippen molar-refractivity contribution in [1.82, 2.24) is 5.43 Å². The number of fused-ring (bicyclic) bond motifs is 1. The molecular weight excluding hydrogens is 422 g/mol. The lowest BCUT2D eigenvalue weighted by Crippen LogP contribution is -2.31. The van der Waals surface area contributed by atoms with Crippen molar-refractivity contribution in [3.63, 3.8) is 0 Å². The number of carbonyl (C=O) groups is 2. The van der Waals surface area contributed by atoms with Crippen LogP contribution in [0.25, 0.3) is 0 Å². The van der Waals surface area contributed by atoms with Crippen LogP contribution in [0.4, 0.5) is 4.79 Å². The average Bonchev–Trinajstić information content (AvgIpc) is 3.17. The highest BCUT2D eigenvalue weighted by Crippen LogP contribution is 2.45. The molecule has 0 aromatic heterocycles. The van der Waals surface area contributed by atoms with Gasteiger partial charge in [-0.15, -0.1) is 0 Å². The SMILES string of the molecule is COc1ccc(/C(=N\NC(N)=O)[C@@H](c2ccc(OC)cc2)[C@H]2C(=O)Oc3ccccc32)cc1. The number of hydrazone groups is 1. The van der Waals surface area contributed by atoms with Crippen LogP contribution in [0.5, 0.6) is 17.2 Å². The standard InChI is InChI=1S/C25H23N3O5/c1-31-17-11-7-15(8-12-17)21(22-19-5-3-4-6-20(19)33-24(22)29)23(27-28-25(26)30)16-9-13-18(32-2)14-10-16/h3-14,21-22H,1-2H3,(H3,26,28,30)/b27-23+/t21-,22-/m0/s1. The largest absolute Gasteiger partial charge is 0.497 e. The maximum Gasteiger partial charge on any atom is 0.332 e. The first-order chi connectivity index (χ1) is 16.0. The fourth-order valence-electron chi connectivity index (χ4n) is 3.96. The van der Waals surface area contributed by atoms with Crippen molar-refractivity contribution in [3.8, 4) is 17.2 Å². The number of hydrogen-bond donors (Lipinski definition) is 2. The molecule has 0 spiro atoms. The second-order valence-electron chi connectivity index (χ2n) is 7.39. The van der Waals surface area contributed by atoms with Gasteiger partial charge in [0, 0.05) is 11.5 Å². The van der Waals surface area contributed by atoms with Gasteiger partial charge < -0.3 is 19.9 Å². The fourth-order valence-corrected chi connectivity index (χ4v) is 3.96. The highest BCUT2D eigenvalue weighted by atomic mass is 16.5. The van der Waals surface area contributed by atoms with Gasteiger partial charge in [-0.05, 0) is 53.6 Å². The number of para-hydroxylation sites is 1. The second kappa shape index (κ2) is 9.44. The first-order valence-corrected chi connectivity index (χ1v) is 10.2. The molecule has 3 aromatic rings. The maximum atomic E-state index is 13.1. The van der Waals surface area contributed by atoms with Gasteiger partial charge in [0.25, 0.3) is 0 Å². The van der Waals surface area contributed by atoms with Gasteiger partial charge in [-0.1, -0.05) is 30.3 Å². The molecule has 0 fully saturated rings. The Morgan fingerprint density at radius 1 is 0.970 bits per heavy atom. The van der Waals surface area contributed by atoms with E-state index in [1.54, 1.807) is 32.4 Å². The predicted octanol–water partition coefficient (Wildman–Crippen LogP) is 3.56. The molecule has 1 aliphatic rings. The number of rotatable bonds is 7. The summed E-state index contributed by atoms with van der Waals surface area (Å²) in [6.07, 6.45) is 0. The molecule has 33 heavy (non-hydrogen) atoms. The number of urea groups is 1. The smallest absolute Gasteiger partial charge is 0.332 e. The summed E-state index contributed by atoms with van der Waals surface area (Å²) in [4.78, 5) is 24.6. The molecule has 0 bridgehead atoms. The van der Waals surface area contributed by atoms with Gasteiger partial charge in [-0.25, -0.2) is 10.2 Å². The molecule has 8 nitrogen and oxygen atoms in total. The lowest BCUT2D eigenvalue weighted by molar-refractivity contribution is -0.134. The monoisotopic (exact) mass is 445 g/mol. The molecule has 3 aromatic carbocycles. The predicted molar refractivity (Wildman–Crippen MR) is 123 cm³/mol. The van der Waals surface area contributed by atoms with Crippen LogP contribution in [0, 0.1) is 0 Å². The number of nitrogens with two attached hydrogens (primary N) is 1. The zero-order valence-electron chi connectivity index (χ0n) is 18.1. The molecular formula is C25H23N3O5. The first kappa shape index (κ1) is 21.9. The van der Waals surface area contributed by atoms with E-state index in [0.29, 0.717) is 28.5 Å². The molecule has 0 saturated carbocycles. The Bertz CT molecular complexity index is 1190. The van der Waals surface area contributed by atoms with Crippen molar-refractivity contribution >= 4 is 17.7 Å². The average molecular weight is 445 g/mol. The minimum atomic E-state index is -0.816. The van der Waals surface area contributed by atoms with Crippen molar-refractivity contribution in [2.75, 3.05) is 14.2 Å². The van der Waals surface area contributed by atoms with Gasteiger partial charge in [0.1, 0.15) is 17.2 Å². The van der Waals surface area contributed by atoms with E-state index in [2.05, 4.69) is 10.5 Å². The van der Waals surface area contributed by atoms with E-state index >= 15 is 0 Å². The minimum absolute atomic E-state index is 0.405. The third-order valence-electron chi connectivity index (χ3n) is 5.49. The van der Waals surface area contributed by atoms with Crippen LogP contribution in [0.3, 0.4) is 0 Å². The number of benzene rings is 3. The number of amides is 2. The van der Waals surface area contributed by atoms with E-state index in [9.17, 15) is 9.59 Å². The molecule has 1 heterocycles. The lowest BCUT2D eigenvalue weighted by atomic mass is 9.77.